The maximum Gasteiger partial charge on any atom is 0.335 e. The van der Waals surface area contributed by atoms with E-state index in [0.29, 0.717) is 11.5 Å². The third-order valence-corrected chi connectivity index (χ3v) is 6.17. The first kappa shape index (κ1) is 22.8. The fourth-order valence-corrected chi connectivity index (χ4v) is 4.21. The van der Waals surface area contributed by atoms with E-state index in [1.807, 2.05) is 48.5 Å². The normalized spacial score (nSPS) is 14.6. The molecular weight excluding hydrogens is 442 g/mol. The highest BCUT2D eigenvalue weighted by Crippen LogP contribution is 2.25. The van der Waals surface area contributed by atoms with Crippen LogP contribution in [-0.4, -0.2) is 52.0 Å². The Morgan fingerprint density at radius 3 is 1.80 bits per heavy atom. The first-order chi connectivity index (χ1) is 17.1. The summed E-state index contributed by atoms with van der Waals surface area (Å²) < 4.78 is 11.3. The zero-order valence-electron chi connectivity index (χ0n) is 19.3. The van der Waals surface area contributed by atoms with Gasteiger partial charge in [0.05, 0.1) is 11.8 Å². The Balaban J connectivity index is 1.08. The maximum atomic E-state index is 11.0. The van der Waals surface area contributed by atoms with Crippen LogP contribution in [-0.2, 0) is 13.1 Å². The van der Waals surface area contributed by atoms with Crippen molar-refractivity contribution in [3.63, 3.8) is 0 Å². The van der Waals surface area contributed by atoms with Gasteiger partial charge >= 0.3 is 5.97 Å². The van der Waals surface area contributed by atoms with Crippen molar-refractivity contribution in [3.05, 3.63) is 102 Å². The Labute approximate surface area is 204 Å². The third kappa shape index (κ3) is 5.95. The number of aromatic carboxylic acids is 1. The molecule has 1 aromatic heterocycles. The van der Waals surface area contributed by atoms with Crippen molar-refractivity contribution in [2.45, 2.75) is 13.1 Å². The Bertz CT molecular complexity index is 1230. The van der Waals surface area contributed by atoms with Crippen LogP contribution in [0.15, 0.2) is 89.7 Å². The lowest BCUT2D eigenvalue weighted by Gasteiger charge is -2.34. The molecule has 5 rings (SSSR count). The van der Waals surface area contributed by atoms with Gasteiger partial charge in [0.1, 0.15) is 17.8 Å². The second kappa shape index (κ2) is 10.5. The van der Waals surface area contributed by atoms with E-state index in [1.165, 1.54) is 5.56 Å². The summed E-state index contributed by atoms with van der Waals surface area (Å²) in [6.07, 6.45) is 3.19. The van der Waals surface area contributed by atoms with Crippen LogP contribution < -0.4 is 4.74 Å². The number of carboxylic acid groups (broad SMARTS) is 1. The summed E-state index contributed by atoms with van der Waals surface area (Å²) in [5, 5.41) is 9.04. The molecule has 4 aromatic rings. The highest BCUT2D eigenvalue weighted by molar-refractivity contribution is 5.87. The van der Waals surface area contributed by atoms with E-state index in [4.69, 9.17) is 14.3 Å². The van der Waals surface area contributed by atoms with E-state index < -0.39 is 5.97 Å². The van der Waals surface area contributed by atoms with Crippen LogP contribution in [0.1, 0.15) is 21.5 Å². The zero-order valence-corrected chi connectivity index (χ0v) is 19.3. The summed E-state index contributed by atoms with van der Waals surface area (Å²) in [4.78, 5) is 20.0. The van der Waals surface area contributed by atoms with E-state index in [2.05, 4.69) is 26.9 Å². The second-order valence-corrected chi connectivity index (χ2v) is 8.66. The van der Waals surface area contributed by atoms with E-state index in [0.717, 1.165) is 61.9 Å². The molecule has 2 heterocycles. The van der Waals surface area contributed by atoms with Crippen LogP contribution in [0.4, 0.5) is 0 Å². The molecule has 1 aliphatic rings. The van der Waals surface area contributed by atoms with Crippen molar-refractivity contribution in [2.24, 2.45) is 0 Å². The van der Waals surface area contributed by atoms with Crippen molar-refractivity contribution in [3.8, 4) is 23.0 Å². The first-order valence-corrected chi connectivity index (χ1v) is 11.7. The minimum absolute atomic E-state index is 0.329. The van der Waals surface area contributed by atoms with Gasteiger partial charge < -0.3 is 14.3 Å². The second-order valence-electron chi connectivity index (χ2n) is 8.66. The summed E-state index contributed by atoms with van der Waals surface area (Å²) in [6.45, 7) is 5.74. The van der Waals surface area contributed by atoms with Crippen LogP contribution in [0.25, 0.3) is 11.5 Å². The number of rotatable bonds is 8. The summed E-state index contributed by atoms with van der Waals surface area (Å²) in [5.74, 6) is 1.27. The van der Waals surface area contributed by atoms with Crippen molar-refractivity contribution < 1.29 is 19.1 Å². The van der Waals surface area contributed by atoms with E-state index in [9.17, 15) is 4.79 Å². The van der Waals surface area contributed by atoms with Crippen LogP contribution in [0.5, 0.6) is 11.5 Å². The lowest BCUT2D eigenvalue weighted by Crippen LogP contribution is -2.45. The van der Waals surface area contributed by atoms with E-state index in [-0.39, 0.29) is 0 Å². The third-order valence-electron chi connectivity index (χ3n) is 6.17. The zero-order chi connectivity index (χ0) is 24.0. The Morgan fingerprint density at radius 1 is 0.800 bits per heavy atom. The minimum atomic E-state index is -0.887. The summed E-state index contributed by atoms with van der Waals surface area (Å²) in [7, 11) is 0. The van der Waals surface area contributed by atoms with Crippen LogP contribution in [0, 0.1) is 0 Å². The molecule has 7 nitrogen and oxygen atoms in total. The van der Waals surface area contributed by atoms with Gasteiger partial charge in [-0.2, -0.15) is 0 Å². The summed E-state index contributed by atoms with van der Waals surface area (Å²) in [6, 6.07) is 23.1. The Hall–Kier alpha value is -3.94. The van der Waals surface area contributed by atoms with Crippen LogP contribution in [0.2, 0.25) is 0 Å². The number of aromatic nitrogens is 1. The number of hydrogen-bond donors (Lipinski definition) is 1. The van der Waals surface area contributed by atoms with Gasteiger partial charge in [-0.3, -0.25) is 9.80 Å². The summed E-state index contributed by atoms with van der Waals surface area (Å²) >= 11 is 0. The maximum absolute atomic E-state index is 11.0. The Kier molecular flexibility index (Phi) is 6.88. The monoisotopic (exact) mass is 469 g/mol. The molecule has 0 amide bonds. The lowest BCUT2D eigenvalue weighted by atomic mass is 10.1. The number of oxazole rings is 1. The highest BCUT2D eigenvalue weighted by atomic mass is 16.5. The lowest BCUT2D eigenvalue weighted by molar-refractivity contribution is 0.0697. The van der Waals surface area contributed by atoms with Gasteiger partial charge in [0.2, 0.25) is 5.89 Å². The van der Waals surface area contributed by atoms with Gasteiger partial charge in [0, 0.05) is 44.8 Å². The standard InChI is InChI=1S/C28H27N3O4/c32-28(33)24-5-1-21(2-6-24)19-30-14-16-31(17-15-30)20-22-3-9-25(10-4-22)35-26-11-7-23(8-12-26)27-29-13-18-34-27/h1-13,18H,14-17,19-20H2,(H,32,33). The van der Waals surface area contributed by atoms with E-state index in [1.54, 1.807) is 24.6 Å². The molecular formula is C28H27N3O4. The quantitative estimate of drug-likeness (QED) is 0.382. The SMILES string of the molecule is O=C(O)c1ccc(CN2CCN(Cc3ccc(Oc4ccc(-c5ncco5)cc4)cc3)CC2)cc1. The molecule has 0 aliphatic carbocycles. The minimum Gasteiger partial charge on any atom is -0.478 e. The molecule has 1 aliphatic heterocycles. The topological polar surface area (TPSA) is 79.0 Å². The Morgan fingerprint density at radius 2 is 1.31 bits per heavy atom. The fourth-order valence-electron chi connectivity index (χ4n) is 4.21. The first-order valence-electron chi connectivity index (χ1n) is 11.7. The van der Waals surface area contributed by atoms with Crippen molar-refractivity contribution in [2.75, 3.05) is 26.2 Å². The molecule has 0 atom stereocenters. The van der Waals surface area contributed by atoms with Crippen LogP contribution in [0.3, 0.4) is 0 Å². The molecule has 1 fully saturated rings. The summed E-state index contributed by atoms with van der Waals surface area (Å²) in [5.41, 5.74) is 3.64. The van der Waals surface area contributed by atoms with Gasteiger partial charge in [0.15, 0.2) is 0 Å². The van der Waals surface area contributed by atoms with Crippen molar-refractivity contribution in [1.29, 1.82) is 0 Å². The largest absolute Gasteiger partial charge is 0.478 e. The molecule has 178 valence electrons. The van der Waals surface area contributed by atoms with Gasteiger partial charge in [-0.1, -0.05) is 24.3 Å². The number of nitrogens with zero attached hydrogens (tertiary/aromatic N) is 3. The number of hydrogen-bond acceptors (Lipinski definition) is 6. The van der Waals surface area contributed by atoms with Gasteiger partial charge in [-0.05, 0) is 59.7 Å². The molecule has 7 heteroatoms. The van der Waals surface area contributed by atoms with Gasteiger partial charge in [0.25, 0.3) is 0 Å². The predicted octanol–water partition coefficient (Wildman–Crippen LogP) is 5.15. The number of piperazine rings is 1. The average molecular weight is 470 g/mol. The number of carbonyl (C=O) groups is 1. The van der Waals surface area contributed by atoms with Gasteiger partial charge in [-0.25, -0.2) is 9.78 Å². The fraction of sp³-hybridized carbons (Fsp3) is 0.214. The highest BCUT2D eigenvalue weighted by Gasteiger charge is 2.17. The molecule has 0 unspecified atom stereocenters. The number of ether oxygens (including phenoxy) is 1. The molecule has 1 N–H and O–H groups in total. The molecule has 0 radical (unpaired) electrons. The molecule has 0 saturated carbocycles. The average Bonchev–Trinajstić information content (AvgIpc) is 3.42. The van der Waals surface area contributed by atoms with Gasteiger partial charge in [-0.15, -0.1) is 0 Å². The van der Waals surface area contributed by atoms with E-state index >= 15 is 0 Å². The number of carboxylic acids is 1. The molecule has 0 spiro atoms. The van der Waals surface area contributed by atoms with Crippen molar-refractivity contribution in [1.82, 2.24) is 14.8 Å². The molecule has 3 aromatic carbocycles. The molecule has 35 heavy (non-hydrogen) atoms. The molecule has 1 saturated heterocycles. The number of benzene rings is 3. The molecule has 0 bridgehead atoms. The predicted molar refractivity (Wildman–Crippen MR) is 132 cm³/mol. The van der Waals surface area contributed by atoms with Crippen LogP contribution >= 0.6 is 0 Å². The van der Waals surface area contributed by atoms with Crippen molar-refractivity contribution >= 4 is 5.97 Å². The smallest absolute Gasteiger partial charge is 0.335 e.